The molecule has 0 saturated carbocycles. The first-order valence-corrected chi connectivity index (χ1v) is 9.11. The van der Waals surface area contributed by atoms with Crippen molar-refractivity contribution < 1.29 is 14.9 Å². The first-order valence-electron chi connectivity index (χ1n) is 9.11. The standard InChI is InChI=1S/C17H27N5O4/c1-4-5-10-11(7-23)26-16(13(10)24)22-8-19-12-14(22)20-17(21-15(12)25)18-6-9(2)3/h8-11,13,16,23-24H,4-7H2,1-3H3,(H2,18,20,21,25)/t10-,11+,13?,16+/m0/s1. The number of nitrogens with zero attached hydrogens (tertiary/aromatic N) is 3. The third-order valence-electron chi connectivity index (χ3n) is 4.71. The smallest absolute Gasteiger partial charge is 0.280 e. The Balaban J connectivity index is 1.96. The number of aliphatic hydroxyl groups is 2. The summed E-state index contributed by atoms with van der Waals surface area (Å²) in [7, 11) is 0. The van der Waals surface area contributed by atoms with Crippen LogP contribution in [0.2, 0.25) is 0 Å². The van der Waals surface area contributed by atoms with Gasteiger partial charge in [-0.3, -0.25) is 14.3 Å². The minimum atomic E-state index is -0.808. The molecule has 0 amide bonds. The maximum absolute atomic E-state index is 12.3. The van der Waals surface area contributed by atoms with Gasteiger partial charge in [-0.1, -0.05) is 27.2 Å². The van der Waals surface area contributed by atoms with Crippen LogP contribution in [-0.2, 0) is 4.74 Å². The van der Waals surface area contributed by atoms with E-state index in [2.05, 4.69) is 34.1 Å². The molecule has 1 aliphatic rings. The van der Waals surface area contributed by atoms with E-state index in [1.165, 1.54) is 6.33 Å². The second kappa shape index (κ2) is 7.73. The van der Waals surface area contributed by atoms with Gasteiger partial charge in [0.15, 0.2) is 17.4 Å². The van der Waals surface area contributed by atoms with Crippen molar-refractivity contribution in [1.29, 1.82) is 0 Å². The molecule has 0 aromatic carbocycles. The molecule has 1 unspecified atom stereocenters. The highest BCUT2D eigenvalue weighted by molar-refractivity contribution is 5.70. The Hall–Kier alpha value is -1.97. The fourth-order valence-corrected chi connectivity index (χ4v) is 3.39. The highest BCUT2D eigenvalue weighted by atomic mass is 16.5. The lowest BCUT2D eigenvalue weighted by Crippen LogP contribution is -2.28. The van der Waals surface area contributed by atoms with Gasteiger partial charge in [0.05, 0.1) is 19.0 Å². The highest BCUT2D eigenvalue weighted by Gasteiger charge is 2.44. The van der Waals surface area contributed by atoms with Crippen molar-refractivity contribution in [2.45, 2.75) is 52.0 Å². The van der Waals surface area contributed by atoms with Gasteiger partial charge in [0, 0.05) is 12.5 Å². The lowest BCUT2D eigenvalue weighted by molar-refractivity contribution is -0.0493. The fourth-order valence-electron chi connectivity index (χ4n) is 3.39. The molecule has 0 radical (unpaired) electrons. The summed E-state index contributed by atoms with van der Waals surface area (Å²) in [6.07, 6.45) is 1.08. The van der Waals surface area contributed by atoms with Gasteiger partial charge in [-0.05, 0) is 12.3 Å². The highest BCUT2D eigenvalue weighted by Crippen LogP contribution is 2.37. The van der Waals surface area contributed by atoms with Crippen molar-refractivity contribution in [2.75, 3.05) is 18.5 Å². The van der Waals surface area contributed by atoms with Crippen molar-refractivity contribution in [1.82, 2.24) is 19.5 Å². The van der Waals surface area contributed by atoms with Crippen LogP contribution in [0.25, 0.3) is 11.2 Å². The minimum Gasteiger partial charge on any atom is -0.394 e. The first-order chi connectivity index (χ1) is 12.5. The zero-order chi connectivity index (χ0) is 18.8. The number of ether oxygens (including phenoxy) is 1. The molecular formula is C17H27N5O4. The van der Waals surface area contributed by atoms with Gasteiger partial charge in [-0.2, -0.15) is 4.98 Å². The Kier molecular flexibility index (Phi) is 5.59. The molecule has 144 valence electrons. The van der Waals surface area contributed by atoms with E-state index in [1.54, 1.807) is 4.57 Å². The molecule has 0 bridgehead atoms. The van der Waals surface area contributed by atoms with Crippen LogP contribution in [0, 0.1) is 11.8 Å². The second-order valence-corrected chi connectivity index (χ2v) is 7.20. The molecule has 1 fully saturated rings. The van der Waals surface area contributed by atoms with Crippen LogP contribution in [-0.4, -0.2) is 55.1 Å². The van der Waals surface area contributed by atoms with Gasteiger partial charge in [-0.25, -0.2) is 4.98 Å². The lowest BCUT2D eigenvalue weighted by Gasteiger charge is -2.18. The summed E-state index contributed by atoms with van der Waals surface area (Å²) in [5.41, 5.74) is 0.185. The van der Waals surface area contributed by atoms with E-state index in [0.29, 0.717) is 24.1 Å². The van der Waals surface area contributed by atoms with Crippen molar-refractivity contribution in [3.05, 3.63) is 16.7 Å². The van der Waals surface area contributed by atoms with Crippen LogP contribution in [0.15, 0.2) is 11.1 Å². The zero-order valence-corrected chi connectivity index (χ0v) is 15.3. The Morgan fingerprint density at radius 1 is 1.46 bits per heavy atom. The molecule has 3 heterocycles. The Morgan fingerprint density at radius 3 is 2.88 bits per heavy atom. The third kappa shape index (κ3) is 3.46. The Bertz CT molecular complexity index is 802. The van der Waals surface area contributed by atoms with E-state index < -0.39 is 18.4 Å². The van der Waals surface area contributed by atoms with Crippen LogP contribution < -0.4 is 10.9 Å². The molecule has 1 saturated heterocycles. The number of aromatic amines is 1. The number of H-pyrrole nitrogens is 1. The molecule has 2 aromatic heterocycles. The lowest BCUT2D eigenvalue weighted by atomic mass is 9.93. The third-order valence-corrected chi connectivity index (χ3v) is 4.71. The van der Waals surface area contributed by atoms with E-state index in [9.17, 15) is 15.0 Å². The monoisotopic (exact) mass is 365 g/mol. The quantitative estimate of drug-likeness (QED) is 0.573. The number of hydrogen-bond acceptors (Lipinski definition) is 7. The molecule has 1 aliphatic heterocycles. The summed E-state index contributed by atoms with van der Waals surface area (Å²) < 4.78 is 7.45. The summed E-state index contributed by atoms with van der Waals surface area (Å²) in [6, 6.07) is 0. The molecule has 2 aromatic rings. The van der Waals surface area contributed by atoms with E-state index >= 15 is 0 Å². The van der Waals surface area contributed by atoms with Crippen molar-refractivity contribution >= 4 is 17.1 Å². The maximum Gasteiger partial charge on any atom is 0.280 e. The molecule has 4 atom stereocenters. The van der Waals surface area contributed by atoms with Crippen molar-refractivity contribution in [3.8, 4) is 0 Å². The Morgan fingerprint density at radius 2 is 2.23 bits per heavy atom. The van der Waals surface area contributed by atoms with E-state index in [1.807, 2.05) is 6.92 Å². The molecular weight excluding hydrogens is 338 g/mol. The molecule has 26 heavy (non-hydrogen) atoms. The number of anilines is 1. The average molecular weight is 365 g/mol. The van der Waals surface area contributed by atoms with Gasteiger partial charge in [-0.15, -0.1) is 0 Å². The van der Waals surface area contributed by atoms with E-state index in [-0.39, 0.29) is 23.6 Å². The summed E-state index contributed by atoms with van der Waals surface area (Å²) in [5, 5.41) is 23.4. The first kappa shape index (κ1) is 18.8. The predicted molar refractivity (Wildman–Crippen MR) is 96.9 cm³/mol. The van der Waals surface area contributed by atoms with Crippen LogP contribution in [0.5, 0.6) is 0 Å². The number of rotatable bonds is 7. The van der Waals surface area contributed by atoms with E-state index in [0.717, 1.165) is 12.8 Å². The SMILES string of the molecule is CCC[C@@H]1C(O)[C@H](n2cnc3c(=O)[nH]c(NCC(C)C)nc32)O[C@@H]1CO. The van der Waals surface area contributed by atoms with Crippen LogP contribution >= 0.6 is 0 Å². The van der Waals surface area contributed by atoms with Crippen molar-refractivity contribution in [3.63, 3.8) is 0 Å². The molecule has 9 nitrogen and oxygen atoms in total. The van der Waals surface area contributed by atoms with Gasteiger partial charge in [0.25, 0.3) is 5.56 Å². The normalized spacial score (nSPS) is 26.1. The minimum absolute atomic E-state index is 0.167. The topological polar surface area (TPSA) is 125 Å². The largest absolute Gasteiger partial charge is 0.394 e. The van der Waals surface area contributed by atoms with Crippen LogP contribution in [0.4, 0.5) is 5.95 Å². The molecule has 9 heteroatoms. The Labute approximate surface area is 151 Å². The molecule has 3 rings (SSSR count). The molecule has 4 N–H and O–H groups in total. The van der Waals surface area contributed by atoms with E-state index in [4.69, 9.17) is 4.74 Å². The van der Waals surface area contributed by atoms with Gasteiger partial charge in [0.2, 0.25) is 5.95 Å². The van der Waals surface area contributed by atoms with Gasteiger partial charge in [0.1, 0.15) is 6.10 Å². The van der Waals surface area contributed by atoms with Gasteiger partial charge >= 0.3 is 0 Å². The van der Waals surface area contributed by atoms with Crippen LogP contribution in [0.3, 0.4) is 0 Å². The number of imidazole rings is 1. The summed E-state index contributed by atoms with van der Waals surface area (Å²) in [4.78, 5) is 23.5. The van der Waals surface area contributed by atoms with Gasteiger partial charge < -0.3 is 20.3 Å². The number of fused-ring (bicyclic) bond motifs is 1. The van der Waals surface area contributed by atoms with Crippen LogP contribution in [0.1, 0.15) is 39.8 Å². The zero-order valence-electron chi connectivity index (χ0n) is 15.3. The number of aromatic nitrogens is 4. The average Bonchev–Trinajstić information content (AvgIpc) is 3.15. The number of aliphatic hydroxyl groups excluding tert-OH is 2. The fraction of sp³-hybridized carbons (Fsp3) is 0.706. The summed E-state index contributed by atoms with van der Waals surface area (Å²) in [6.45, 7) is 6.63. The summed E-state index contributed by atoms with van der Waals surface area (Å²) in [5.74, 6) is 0.572. The summed E-state index contributed by atoms with van der Waals surface area (Å²) >= 11 is 0. The van der Waals surface area contributed by atoms with Crippen molar-refractivity contribution in [2.24, 2.45) is 11.8 Å². The molecule has 0 aliphatic carbocycles. The molecule has 0 spiro atoms. The predicted octanol–water partition coefficient (Wildman–Crippen LogP) is 0.854. The number of nitrogens with one attached hydrogen (secondary N) is 2. The number of hydrogen-bond donors (Lipinski definition) is 4. The maximum atomic E-state index is 12.3. The second-order valence-electron chi connectivity index (χ2n) is 7.20.